The molecule has 0 saturated heterocycles. The fourth-order valence-electron chi connectivity index (χ4n) is 2.75. The van der Waals surface area contributed by atoms with E-state index in [9.17, 15) is 14.0 Å². The van der Waals surface area contributed by atoms with Crippen LogP contribution in [-0.4, -0.2) is 33.9 Å². The lowest BCUT2D eigenvalue weighted by Gasteiger charge is -2.22. The van der Waals surface area contributed by atoms with Gasteiger partial charge in [-0.2, -0.15) is 0 Å². The van der Waals surface area contributed by atoms with Gasteiger partial charge in [0, 0.05) is 6.04 Å². The summed E-state index contributed by atoms with van der Waals surface area (Å²) in [5.74, 6) is -0.732. The number of anilines is 2. The smallest absolute Gasteiger partial charge is 0.321 e. The van der Waals surface area contributed by atoms with E-state index in [-0.39, 0.29) is 17.6 Å². The average Bonchev–Trinajstić information content (AvgIpc) is 3.10. The van der Waals surface area contributed by atoms with Crippen LogP contribution in [-0.2, 0) is 4.79 Å². The summed E-state index contributed by atoms with van der Waals surface area (Å²) >= 11 is 2.38. The Bertz CT molecular complexity index is 795. The van der Waals surface area contributed by atoms with Crippen molar-refractivity contribution in [2.45, 2.75) is 42.5 Å². The van der Waals surface area contributed by atoms with Crippen LogP contribution in [0.25, 0.3) is 0 Å². The minimum atomic E-state index is -0.452. The zero-order chi connectivity index (χ0) is 19.1. The molecule has 1 fully saturated rings. The molecule has 0 unspecified atom stereocenters. The Balaban J connectivity index is 1.42. The number of rotatable bonds is 6. The summed E-state index contributed by atoms with van der Waals surface area (Å²) in [5.41, 5.74) is 0.308. The van der Waals surface area contributed by atoms with Gasteiger partial charge in [-0.3, -0.25) is 10.1 Å². The fourth-order valence-corrected chi connectivity index (χ4v) is 4.32. The SMILES string of the molecule is O=C(CSc1nnc(Nc2ccccc2F)s1)NC(=O)NC1CCCCC1. The van der Waals surface area contributed by atoms with E-state index in [2.05, 4.69) is 26.1 Å². The molecule has 2 aromatic rings. The zero-order valence-corrected chi connectivity index (χ0v) is 16.2. The van der Waals surface area contributed by atoms with Crippen LogP contribution in [0.2, 0.25) is 0 Å². The van der Waals surface area contributed by atoms with Crippen molar-refractivity contribution in [3.05, 3.63) is 30.1 Å². The predicted octanol–water partition coefficient (Wildman–Crippen LogP) is 3.67. The fraction of sp³-hybridized carbons (Fsp3) is 0.412. The number of carbonyl (C=O) groups excluding carboxylic acids is 2. The molecule has 7 nitrogen and oxygen atoms in total. The molecule has 0 bridgehead atoms. The third kappa shape index (κ3) is 6.17. The summed E-state index contributed by atoms with van der Waals surface area (Å²) < 4.78 is 14.2. The van der Waals surface area contributed by atoms with Crippen LogP contribution in [0.4, 0.5) is 20.0 Å². The summed E-state index contributed by atoms with van der Waals surface area (Å²) in [6.45, 7) is 0. The first kappa shape index (κ1) is 19.6. The molecule has 10 heteroatoms. The molecular weight excluding hydrogens is 389 g/mol. The van der Waals surface area contributed by atoms with Gasteiger partial charge in [0.2, 0.25) is 11.0 Å². The molecule has 1 aliphatic rings. The van der Waals surface area contributed by atoms with Crippen molar-refractivity contribution in [1.29, 1.82) is 0 Å². The third-order valence-electron chi connectivity index (χ3n) is 4.04. The molecule has 0 radical (unpaired) electrons. The van der Waals surface area contributed by atoms with E-state index in [1.165, 1.54) is 35.6 Å². The first-order valence-corrected chi connectivity index (χ1v) is 10.5. The van der Waals surface area contributed by atoms with Gasteiger partial charge in [-0.15, -0.1) is 10.2 Å². The second-order valence-electron chi connectivity index (χ2n) is 6.12. The van der Waals surface area contributed by atoms with Gasteiger partial charge in [0.25, 0.3) is 0 Å². The average molecular weight is 410 g/mol. The minimum Gasteiger partial charge on any atom is -0.335 e. The number of nitrogens with one attached hydrogen (secondary N) is 3. The second kappa shape index (κ2) is 9.65. The number of halogens is 1. The highest BCUT2D eigenvalue weighted by Gasteiger charge is 2.17. The van der Waals surface area contributed by atoms with Crippen LogP contribution in [0.1, 0.15) is 32.1 Å². The van der Waals surface area contributed by atoms with E-state index >= 15 is 0 Å². The van der Waals surface area contributed by atoms with E-state index < -0.39 is 11.9 Å². The summed E-state index contributed by atoms with van der Waals surface area (Å²) in [4.78, 5) is 23.8. The molecule has 1 heterocycles. The number of hydrogen-bond acceptors (Lipinski definition) is 7. The Morgan fingerprint density at radius 2 is 1.96 bits per heavy atom. The van der Waals surface area contributed by atoms with Crippen LogP contribution < -0.4 is 16.0 Å². The van der Waals surface area contributed by atoms with Crippen molar-refractivity contribution in [2.24, 2.45) is 0 Å². The quantitative estimate of drug-likeness (QED) is 0.630. The molecule has 0 spiro atoms. The Morgan fingerprint density at radius 3 is 2.74 bits per heavy atom. The summed E-state index contributed by atoms with van der Waals surface area (Å²) in [5, 5.41) is 16.3. The maximum atomic E-state index is 13.6. The lowest BCUT2D eigenvalue weighted by molar-refractivity contribution is -0.117. The van der Waals surface area contributed by atoms with Crippen LogP contribution >= 0.6 is 23.1 Å². The summed E-state index contributed by atoms with van der Waals surface area (Å²) in [7, 11) is 0. The Labute approximate surface area is 164 Å². The molecular formula is C17H20FN5O2S2. The van der Waals surface area contributed by atoms with E-state index in [1.807, 2.05) is 0 Å². The summed E-state index contributed by atoms with van der Waals surface area (Å²) in [6, 6.07) is 5.96. The number of hydrogen-bond donors (Lipinski definition) is 3. The van der Waals surface area contributed by atoms with Gasteiger partial charge in [0.15, 0.2) is 4.34 Å². The Morgan fingerprint density at radius 1 is 1.19 bits per heavy atom. The highest BCUT2D eigenvalue weighted by molar-refractivity contribution is 8.01. The van der Waals surface area contributed by atoms with Crippen LogP contribution in [0, 0.1) is 5.82 Å². The molecule has 0 atom stereocenters. The number of para-hydroxylation sites is 1. The number of nitrogens with zero attached hydrogens (tertiary/aromatic N) is 2. The monoisotopic (exact) mass is 409 g/mol. The first-order chi connectivity index (χ1) is 13.1. The first-order valence-electron chi connectivity index (χ1n) is 8.68. The number of imide groups is 1. The number of aromatic nitrogens is 2. The Hall–Kier alpha value is -2.20. The van der Waals surface area contributed by atoms with Crippen molar-refractivity contribution < 1.29 is 14.0 Å². The van der Waals surface area contributed by atoms with E-state index in [0.717, 1.165) is 25.7 Å². The van der Waals surface area contributed by atoms with Gasteiger partial charge < -0.3 is 10.6 Å². The zero-order valence-electron chi connectivity index (χ0n) is 14.5. The van der Waals surface area contributed by atoms with E-state index in [1.54, 1.807) is 18.2 Å². The van der Waals surface area contributed by atoms with Gasteiger partial charge in [-0.1, -0.05) is 54.5 Å². The maximum Gasteiger partial charge on any atom is 0.321 e. The highest BCUT2D eigenvalue weighted by atomic mass is 32.2. The number of thioether (sulfide) groups is 1. The van der Waals surface area contributed by atoms with Gasteiger partial charge in [-0.05, 0) is 25.0 Å². The van der Waals surface area contributed by atoms with Crippen LogP contribution in [0.3, 0.4) is 0 Å². The van der Waals surface area contributed by atoms with Crippen molar-refractivity contribution in [3.63, 3.8) is 0 Å². The molecule has 1 aliphatic carbocycles. The highest BCUT2D eigenvalue weighted by Crippen LogP contribution is 2.28. The number of amides is 3. The normalized spacial score (nSPS) is 14.6. The minimum absolute atomic E-state index is 0.0480. The molecule has 1 aromatic carbocycles. The second-order valence-corrected chi connectivity index (χ2v) is 8.32. The summed E-state index contributed by atoms with van der Waals surface area (Å²) in [6.07, 6.45) is 5.33. The maximum absolute atomic E-state index is 13.6. The topological polar surface area (TPSA) is 96.0 Å². The molecule has 144 valence electrons. The third-order valence-corrected chi connectivity index (χ3v) is 6.01. The largest absolute Gasteiger partial charge is 0.335 e. The molecule has 1 aromatic heterocycles. The van der Waals surface area contributed by atoms with Gasteiger partial charge in [0.05, 0.1) is 11.4 Å². The molecule has 27 heavy (non-hydrogen) atoms. The molecule has 3 amide bonds. The van der Waals surface area contributed by atoms with Crippen molar-refractivity contribution in [1.82, 2.24) is 20.8 Å². The predicted molar refractivity (Wildman–Crippen MR) is 104 cm³/mol. The lowest BCUT2D eigenvalue weighted by atomic mass is 9.96. The number of carbonyl (C=O) groups is 2. The number of urea groups is 1. The molecule has 3 N–H and O–H groups in total. The Kier molecular flexibility index (Phi) is 6.99. The van der Waals surface area contributed by atoms with Gasteiger partial charge in [0.1, 0.15) is 5.82 Å². The van der Waals surface area contributed by atoms with Crippen LogP contribution in [0.15, 0.2) is 28.6 Å². The van der Waals surface area contributed by atoms with Crippen molar-refractivity contribution >= 4 is 45.9 Å². The van der Waals surface area contributed by atoms with Gasteiger partial charge in [-0.25, -0.2) is 9.18 Å². The molecule has 3 rings (SSSR count). The van der Waals surface area contributed by atoms with E-state index in [4.69, 9.17) is 0 Å². The molecule has 1 saturated carbocycles. The lowest BCUT2D eigenvalue weighted by Crippen LogP contribution is -2.45. The van der Waals surface area contributed by atoms with Crippen molar-refractivity contribution in [2.75, 3.05) is 11.1 Å². The van der Waals surface area contributed by atoms with Crippen molar-refractivity contribution in [3.8, 4) is 0 Å². The molecule has 0 aliphatic heterocycles. The standard InChI is InChI=1S/C17H20FN5O2S2/c18-12-8-4-5-9-13(12)20-16-22-23-17(27-16)26-10-14(24)21-15(25)19-11-6-2-1-3-7-11/h4-5,8-9,11H,1-3,6-7,10H2,(H,20,22)(H2,19,21,24,25). The van der Waals surface area contributed by atoms with Crippen LogP contribution in [0.5, 0.6) is 0 Å². The van der Waals surface area contributed by atoms with Gasteiger partial charge >= 0.3 is 6.03 Å². The number of benzene rings is 1. The van der Waals surface area contributed by atoms with E-state index in [0.29, 0.717) is 15.2 Å².